The van der Waals surface area contributed by atoms with Gasteiger partial charge in [-0.1, -0.05) is 0 Å². The van der Waals surface area contributed by atoms with Gasteiger partial charge in [-0.25, -0.2) is 4.98 Å². The second-order valence-corrected chi connectivity index (χ2v) is 8.07. The van der Waals surface area contributed by atoms with Gasteiger partial charge < -0.3 is 9.80 Å². The van der Waals surface area contributed by atoms with Crippen LogP contribution in [0.3, 0.4) is 0 Å². The first-order valence-electron chi connectivity index (χ1n) is 10.2. The van der Waals surface area contributed by atoms with E-state index in [2.05, 4.69) is 19.7 Å². The number of anilines is 1. The Labute approximate surface area is 170 Å². The Hall–Kier alpha value is -1.87. The van der Waals surface area contributed by atoms with Crippen LogP contribution in [-0.4, -0.2) is 91.5 Å². The molecule has 3 heterocycles. The van der Waals surface area contributed by atoms with Gasteiger partial charge in [-0.05, 0) is 44.5 Å². The third-order valence-electron chi connectivity index (χ3n) is 5.86. The normalized spacial score (nSPS) is 20.5. The summed E-state index contributed by atoms with van der Waals surface area (Å²) in [5, 5.41) is 0. The molecule has 1 amide bonds. The minimum absolute atomic E-state index is 0.135. The zero-order valence-corrected chi connectivity index (χ0v) is 17.2. The largest absolute Gasteiger partial charge is 0.417 e. The highest BCUT2D eigenvalue weighted by Crippen LogP contribution is 2.30. The van der Waals surface area contributed by atoms with Crippen LogP contribution >= 0.6 is 0 Å². The molecule has 2 fully saturated rings. The van der Waals surface area contributed by atoms with E-state index in [-0.39, 0.29) is 5.91 Å². The van der Waals surface area contributed by atoms with Crippen molar-refractivity contribution in [3.05, 3.63) is 23.9 Å². The van der Waals surface area contributed by atoms with Crippen molar-refractivity contribution in [2.45, 2.75) is 31.5 Å². The molecule has 0 atom stereocenters. The smallest absolute Gasteiger partial charge is 0.357 e. The Morgan fingerprint density at radius 2 is 1.83 bits per heavy atom. The second kappa shape index (κ2) is 9.30. The lowest BCUT2D eigenvalue weighted by molar-refractivity contribution is -0.137. The van der Waals surface area contributed by atoms with Crippen LogP contribution in [0.1, 0.15) is 24.8 Å². The van der Waals surface area contributed by atoms with E-state index in [9.17, 15) is 18.0 Å². The highest BCUT2D eigenvalue weighted by atomic mass is 19.4. The molecule has 3 rings (SSSR count). The van der Waals surface area contributed by atoms with Crippen molar-refractivity contribution in [2.75, 3.05) is 64.8 Å². The number of alkyl halides is 3. The van der Waals surface area contributed by atoms with Crippen LogP contribution < -0.4 is 4.90 Å². The van der Waals surface area contributed by atoms with Crippen LogP contribution in [0.5, 0.6) is 0 Å². The van der Waals surface area contributed by atoms with Crippen LogP contribution in [0.2, 0.25) is 0 Å². The number of amides is 1. The maximum absolute atomic E-state index is 12.7. The van der Waals surface area contributed by atoms with Crippen LogP contribution in [0.4, 0.5) is 19.0 Å². The zero-order chi connectivity index (χ0) is 21.0. The van der Waals surface area contributed by atoms with Gasteiger partial charge in [0.05, 0.1) is 12.1 Å². The molecule has 2 aliphatic rings. The minimum atomic E-state index is -4.35. The van der Waals surface area contributed by atoms with Crippen LogP contribution in [0.15, 0.2) is 18.3 Å². The van der Waals surface area contributed by atoms with Crippen LogP contribution in [0, 0.1) is 0 Å². The standard InChI is InChI=1S/C20H30F3N5O/c1-25(2)19(29)15-26-8-3-9-27(13-12-26)17-6-10-28(11-7-17)18-5-4-16(14-24-18)20(21,22)23/h4-5,14,17H,3,6-13,15H2,1-2H3. The molecular formula is C20H30F3N5O. The lowest BCUT2D eigenvalue weighted by atomic mass is 10.0. The molecule has 2 aliphatic heterocycles. The summed E-state index contributed by atoms with van der Waals surface area (Å²) < 4.78 is 38.1. The van der Waals surface area contributed by atoms with Gasteiger partial charge in [0.2, 0.25) is 5.91 Å². The van der Waals surface area contributed by atoms with Gasteiger partial charge >= 0.3 is 6.18 Å². The Balaban J connectivity index is 1.48. The monoisotopic (exact) mass is 413 g/mol. The summed E-state index contributed by atoms with van der Waals surface area (Å²) in [4.78, 5) is 24.4. The maximum Gasteiger partial charge on any atom is 0.417 e. The number of halogens is 3. The number of aromatic nitrogens is 1. The molecule has 6 nitrogen and oxygen atoms in total. The van der Waals surface area contributed by atoms with E-state index < -0.39 is 11.7 Å². The van der Waals surface area contributed by atoms with Gasteiger partial charge in [-0.2, -0.15) is 13.2 Å². The molecule has 162 valence electrons. The van der Waals surface area contributed by atoms with Crippen molar-refractivity contribution in [1.29, 1.82) is 0 Å². The first kappa shape index (κ1) is 21.8. The average molecular weight is 413 g/mol. The minimum Gasteiger partial charge on any atom is -0.357 e. The number of hydrogen-bond acceptors (Lipinski definition) is 5. The molecule has 1 aromatic heterocycles. The van der Waals surface area contributed by atoms with Gasteiger partial charge in [0, 0.05) is 52.5 Å². The molecule has 0 bridgehead atoms. The number of rotatable bonds is 4. The van der Waals surface area contributed by atoms with E-state index in [4.69, 9.17) is 0 Å². The first-order chi connectivity index (χ1) is 13.7. The molecule has 0 radical (unpaired) electrons. The third kappa shape index (κ3) is 5.82. The molecule has 0 saturated carbocycles. The highest BCUT2D eigenvalue weighted by molar-refractivity contribution is 5.77. The molecule has 9 heteroatoms. The van der Waals surface area contributed by atoms with Gasteiger partial charge in [-0.3, -0.25) is 14.6 Å². The molecule has 1 aromatic rings. The molecule has 2 saturated heterocycles. The van der Waals surface area contributed by atoms with E-state index in [1.54, 1.807) is 19.0 Å². The van der Waals surface area contributed by atoms with E-state index in [0.717, 1.165) is 70.8 Å². The van der Waals surface area contributed by atoms with E-state index in [0.29, 0.717) is 18.4 Å². The lowest BCUT2D eigenvalue weighted by Crippen LogP contribution is -2.46. The summed E-state index contributed by atoms with van der Waals surface area (Å²) in [5.74, 6) is 0.747. The summed E-state index contributed by atoms with van der Waals surface area (Å²) in [6, 6.07) is 3.05. The van der Waals surface area contributed by atoms with Crippen molar-refractivity contribution < 1.29 is 18.0 Å². The van der Waals surface area contributed by atoms with Crippen molar-refractivity contribution in [2.24, 2.45) is 0 Å². The fraction of sp³-hybridized carbons (Fsp3) is 0.700. The fourth-order valence-electron chi connectivity index (χ4n) is 4.05. The number of hydrogen-bond donors (Lipinski definition) is 0. The van der Waals surface area contributed by atoms with Gasteiger partial charge in [-0.15, -0.1) is 0 Å². The Morgan fingerprint density at radius 3 is 2.41 bits per heavy atom. The molecule has 0 aromatic carbocycles. The van der Waals surface area contributed by atoms with Crippen LogP contribution in [-0.2, 0) is 11.0 Å². The summed E-state index contributed by atoms with van der Waals surface area (Å²) in [5.41, 5.74) is -0.710. The molecule has 0 N–H and O–H groups in total. The van der Waals surface area contributed by atoms with Crippen molar-refractivity contribution >= 4 is 11.7 Å². The molecular weight excluding hydrogens is 383 g/mol. The number of pyridine rings is 1. The van der Waals surface area contributed by atoms with E-state index in [1.807, 2.05) is 0 Å². The molecule has 0 aliphatic carbocycles. The Kier molecular flexibility index (Phi) is 7.00. The predicted octanol–water partition coefficient (Wildman–Crippen LogP) is 2.17. The summed E-state index contributed by atoms with van der Waals surface area (Å²) >= 11 is 0. The van der Waals surface area contributed by atoms with Gasteiger partial charge in [0.15, 0.2) is 0 Å². The number of piperidine rings is 1. The number of likely N-dealkylation sites (N-methyl/N-ethyl adjacent to an activating group) is 1. The summed E-state index contributed by atoms with van der Waals surface area (Å²) in [7, 11) is 3.57. The summed E-state index contributed by atoms with van der Waals surface area (Å²) in [6.45, 7) is 5.86. The van der Waals surface area contributed by atoms with Crippen molar-refractivity contribution in [3.8, 4) is 0 Å². The topological polar surface area (TPSA) is 42.9 Å². The van der Waals surface area contributed by atoms with Gasteiger partial charge in [0.1, 0.15) is 5.82 Å². The average Bonchev–Trinajstić information content (AvgIpc) is 2.93. The predicted molar refractivity (Wildman–Crippen MR) is 106 cm³/mol. The fourth-order valence-corrected chi connectivity index (χ4v) is 4.05. The van der Waals surface area contributed by atoms with E-state index >= 15 is 0 Å². The quantitative estimate of drug-likeness (QED) is 0.757. The number of nitrogens with zero attached hydrogens (tertiary/aromatic N) is 5. The number of carbonyl (C=O) groups excluding carboxylic acids is 1. The maximum atomic E-state index is 12.7. The molecule has 0 spiro atoms. The SMILES string of the molecule is CN(C)C(=O)CN1CCCN(C2CCN(c3ccc(C(F)(F)F)cn3)CC2)CC1. The molecule has 29 heavy (non-hydrogen) atoms. The molecule has 0 unspecified atom stereocenters. The second-order valence-electron chi connectivity index (χ2n) is 8.07. The van der Waals surface area contributed by atoms with Crippen molar-refractivity contribution in [1.82, 2.24) is 19.7 Å². The van der Waals surface area contributed by atoms with Gasteiger partial charge in [0.25, 0.3) is 0 Å². The third-order valence-corrected chi connectivity index (χ3v) is 5.86. The Bertz CT molecular complexity index is 672. The Morgan fingerprint density at radius 1 is 1.10 bits per heavy atom. The first-order valence-corrected chi connectivity index (χ1v) is 10.2. The lowest BCUT2D eigenvalue weighted by Gasteiger charge is -2.38. The van der Waals surface area contributed by atoms with Crippen molar-refractivity contribution in [3.63, 3.8) is 0 Å². The number of carbonyl (C=O) groups is 1. The van der Waals surface area contributed by atoms with Crippen LogP contribution in [0.25, 0.3) is 0 Å². The zero-order valence-electron chi connectivity index (χ0n) is 17.2. The summed E-state index contributed by atoms with van der Waals surface area (Å²) in [6.07, 6.45) is -0.448. The highest BCUT2D eigenvalue weighted by Gasteiger charge is 2.31. The van der Waals surface area contributed by atoms with E-state index in [1.165, 1.54) is 6.07 Å².